The fourth-order valence-corrected chi connectivity index (χ4v) is 3.54. The molecule has 0 aliphatic heterocycles. The fraction of sp³-hybridized carbons (Fsp3) is 0.375. The molecule has 0 amide bonds. The third-order valence-corrected chi connectivity index (χ3v) is 4.83. The van der Waals surface area contributed by atoms with Gasteiger partial charge in [-0.2, -0.15) is 0 Å². The molecule has 0 aliphatic rings. The predicted molar refractivity (Wildman–Crippen MR) is 94.8 cm³/mol. The van der Waals surface area contributed by atoms with Crippen LogP contribution in [0.5, 0.6) is 5.75 Å². The minimum atomic E-state index is 0.245. The SMILES string of the molecule is CCCNC(c1cccc(OCC)c1)c1csc(I)c1. The number of thiophene rings is 1. The summed E-state index contributed by atoms with van der Waals surface area (Å²) >= 11 is 4.17. The molecule has 0 radical (unpaired) electrons. The molecule has 1 atom stereocenters. The lowest BCUT2D eigenvalue weighted by Gasteiger charge is -2.19. The summed E-state index contributed by atoms with van der Waals surface area (Å²) < 4.78 is 6.94. The number of hydrogen-bond acceptors (Lipinski definition) is 3. The Bertz CT molecular complexity index is 541. The summed E-state index contributed by atoms with van der Waals surface area (Å²) in [4.78, 5) is 0. The Balaban J connectivity index is 2.28. The zero-order chi connectivity index (χ0) is 14.4. The molecule has 0 bridgehead atoms. The minimum absolute atomic E-state index is 0.245. The van der Waals surface area contributed by atoms with E-state index in [0.29, 0.717) is 6.61 Å². The molecule has 1 heterocycles. The third-order valence-electron chi connectivity index (χ3n) is 3.02. The molecule has 2 aromatic rings. The molecule has 1 aromatic carbocycles. The van der Waals surface area contributed by atoms with Crippen molar-refractivity contribution in [1.82, 2.24) is 5.32 Å². The number of benzene rings is 1. The van der Waals surface area contributed by atoms with Gasteiger partial charge in [0, 0.05) is 0 Å². The van der Waals surface area contributed by atoms with E-state index in [4.69, 9.17) is 4.74 Å². The van der Waals surface area contributed by atoms with Crippen molar-refractivity contribution in [3.63, 3.8) is 0 Å². The summed E-state index contributed by atoms with van der Waals surface area (Å²) in [7, 11) is 0. The van der Waals surface area contributed by atoms with Gasteiger partial charge in [0.1, 0.15) is 5.75 Å². The average Bonchev–Trinajstić information content (AvgIpc) is 2.87. The van der Waals surface area contributed by atoms with Crippen molar-refractivity contribution < 1.29 is 4.74 Å². The van der Waals surface area contributed by atoms with Gasteiger partial charge in [-0.25, -0.2) is 0 Å². The van der Waals surface area contributed by atoms with Crippen LogP contribution in [0.4, 0.5) is 0 Å². The van der Waals surface area contributed by atoms with Crippen LogP contribution < -0.4 is 10.1 Å². The number of rotatable bonds is 7. The highest BCUT2D eigenvalue weighted by molar-refractivity contribution is 14.1. The molecular formula is C16H20INOS. The maximum atomic E-state index is 5.62. The molecule has 0 fully saturated rings. The average molecular weight is 401 g/mol. The number of nitrogens with one attached hydrogen (secondary N) is 1. The third kappa shape index (κ3) is 4.20. The largest absolute Gasteiger partial charge is 0.494 e. The van der Waals surface area contributed by atoms with Gasteiger partial charge >= 0.3 is 0 Å². The van der Waals surface area contributed by atoms with Crippen molar-refractivity contribution in [1.29, 1.82) is 0 Å². The van der Waals surface area contributed by atoms with Crippen molar-refractivity contribution in [3.05, 3.63) is 49.7 Å². The maximum Gasteiger partial charge on any atom is 0.119 e. The first-order valence-corrected chi connectivity index (χ1v) is 8.90. The number of halogens is 1. The van der Waals surface area contributed by atoms with Gasteiger partial charge in [0.2, 0.25) is 0 Å². The monoisotopic (exact) mass is 401 g/mol. The highest BCUT2D eigenvalue weighted by Crippen LogP contribution is 2.29. The molecule has 20 heavy (non-hydrogen) atoms. The van der Waals surface area contributed by atoms with Crippen LogP contribution in [0.25, 0.3) is 0 Å². The highest BCUT2D eigenvalue weighted by atomic mass is 127. The summed E-state index contributed by atoms with van der Waals surface area (Å²) in [6.45, 7) is 5.92. The van der Waals surface area contributed by atoms with Gasteiger partial charge in [-0.1, -0.05) is 19.1 Å². The van der Waals surface area contributed by atoms with Gasteiger partial charge in [-0.15, -0.1) is 11.3 Å². The molecule has 0 aliphatic carbocycles. The van der Waals surface area contributed by atoms with E-state index in [1.54, 1.807) is 11.3 Å². The van der Waals surface area contributed by atoms with Gasteiger partial charge < -0.3 is 10.1 Å². The van der Waals surface area contributed by atoms with Gasteiger partial charge in [0.15, 0.2) is 0 Å². The van der Waals surface area contributed by atoms with Gasteiger partial charge in [-0.3, -0.25) is 0 Å². The second-order valence-corrected chi connectivity index (χ2v) is 7.38. The van der Waals surface area contributed by atoms with Crippen molar-refractivity contribution >= 4 is 33.9 Å². The van der Waals surface area contributed by atoms with E-state index in [-0.39, 0.29) is 6.04 Å². The Morgan fingerprint density at radius 3 is 2.75 bits per heavy atom. The first-order chi connectivity index (χ1) is 9.74. The van der Waals surface area contributed by atoms with Crippen LogP contribution >= 0.6 is 33.9 Å². The van der Waals surface area contributed by atoms with Crippen LogP contribution in [-0.4, -0.2) is 13.2 Å². The van der Waals surface area contributed by atoms with Crippen LogP contribution in [0, 0.1) is 2.88 Å². The van der Waals surface area contributed by atoms with E-state index in [9.17, 15) is 0 Å². The lowest BCUT2D eigenvalue weighted by Crippen LogP contribution is -2.22. The van der Waals surface area contributed by atoms with Crippen LogP contribution in [0.2, 0.25) is 0 Å². The van der Waals surface area contributed by atoms with Crippen LogP contribution in [0.15, 0.2) is 35.7 Å². The molecular weight excluding hydrogens is 381 g/mol. The predicted octanol–water partition coefficient (Wildman–Crippen LogP) is 4.84. The molecule has 1 aromatic heterocycles. The molecule has 2 rings (SSSR count). The lowest BCUT2D eigenvalue weighted by atomic mass is 10.0. The summed E-state index contributed by atoms with van der Waals surface area (Å²) in [6.07, 6.45) is 1.13. The van der Waals surface area contributed by atoms with E-state index in [1.807, 2.05) is 13.0 Å². The normalized spacial score (nSPS) is 12.3. The van der Waals surface area contributed by atoms with Crippen LogP contribution in [-0.2, 0) is 0 Å². The second-order valence-electron chi connectivity index (χ2n) is 4.58. The smallest absolute Gasteiger partial charge is 0.119 e. The fourth-order valence-electron chi connectivity index (χ4n) is 2.14. The Morgan fingerprint density at radius 2 is 2.10 bits per heavy atom. The Labute approximate surface area is 138 Å². The maximum absolute atomic E-state index is 5.62. The molecule has 1 unspecified atom stereocenters. The number of ether oxygens (including phenoxy) is 1. The summed E-state index contributed by atoms with van der Waals surface area (Å²) in [6, 6.07) is 10.9. The molecule has 0 saturated heterocycles. The zero-order valence-electron chi connectivity index (χ0n) is 11.9. The molecule has 1 N–H and O–H groups in total. The Kier molecular flexibility index (Phi) is 6.32. The molecule has 4 heteroatoms. The van der Waals surface area contributed by atoms with Gasteiger partial charge in [0.05, 0.1) is 15.5 Å². The summed E-state index contributed by atoms with van der Waals surface area (Å²) in [5.41, 5.74) is 2.60. The summed E-state index contributed by atoms with van der Waals surface area (Å²) in [5.74, 6) is 0.943. The van der Waals surface area contributed by atoms with Crippen molar-refractivity contribution in [2.45, 2.75) is 26.3 Å². The first-order valence-electron chi connectivity index (χ1n) is 6.94. The molecule has 2 nitrogen and oxygen atoms in total. The van der Waals surface area contributed by atoms with Gasteiger partial charge in [-0.05, 0) is 77.2 Å². The molecule has 108 valence electrons. The van der Waals surface area contributed by atoms with Crippen molar-refractivity contribution in [2.24, 2.45) is 0 Å². The minimum Gasteiger partial charge on any atom is -0.494 e. The Morgan fingerprint density at radius 1 is 1.25 bits per heavy atom. The van der Waals surface area contributed by atoms with Crippen LogP contribution in [0.1, 0.15) is 37.4 Å². The van der Waals surface area contributed by atoms with E-state index in [0.717, 1.165) is 18.7 Å². The zero-order valence-corrected chi connectivity index (χ0v) is 14.8. The second kappa shape index (κ2) is 8.00. The Hall–Kier alpha value is -0.590. The summed E-state index contributed by atoms with van der Waals surface area (Å²) in [5, 5.41) is 5.87. The van der Waals surface area contributed by atoms with Crippen molar-refractivity contribution in [2.75, 3.05) is 13.2 Å². The van der Waals surface area contributed by atoms with E-state index in [1.165, 1.54) is 14.0 Å². The van der Waals surface area contributed by atoms with Crippen LogP contribution in [0.3, 0.4) is 0 Å². The first kappa shape index (κ1) is 15.8. The topological polar surface area (TPSA) is 21.3 Å². The lowest BCUT2D eigenvalue weighted by molar-refractivity contribution is 0.339. The standard InChI is InChI=1S/C16H20INOS/c1-3-8-18-16(13-10-15(17)20-11-13)12-6-5-7-14(9-12)19-4-2/h5-7,9-11,16,18H,3-4,8H2,1-2H3. The highest BCUT2D eigenvalue weighted by Gasteiger charge is 2.15. The van der Waals surface area contributed by atoms with E-state index in [2.05, 4.69) is 64.5 Å². The number of hydrogen-bond donors (Lipinski definition) is 1. The van der Waals surface area contributed by atoms with Crippen molar-refractivity contribution in [3.8, 4) is 5.75 Å². The molecule has 0 spiro atoms. The molecule has 0 saturated carbocycles. The quantitative estimate of drug-likeness (QED) is 0.671. The van der Waals surface area contributed by atoms with E-state index < -0.39 is 0 Å². The van der Waals surface area contributed by atoms with E-state index >= 15 is 0 Å². The van der Waals surface area contributed by atoms with Gasteiger partial charge in [0.25, 0.3) is 0 Å².